The number of amides is 2. The number of nitrogens with one attached hydrogen (secondary N) is 3. The fraction of sp³-hybridized carbons (Fsp3) is 0. The van der Waals surface area contributed by atoms with Crippen molar-refractivity contribution in [2.45, 2.75) is 0 Å². The summed E-state index contributed by atoms with van der Waals surface area (Å²) in [6, 6.07) is 20.6. The Labute approximate surface area is 160 Å². The lowest BCUT2D eigenvalue weighted by Gasteiger charge is -2.11. The molecule has 0 aliphatic carbocycles. The maximum absolute atomic E-state index is 13.0. The number of nitrogens with zero attached hydrogens (tertiary/aromatic N) is 1. The Kier molecular flexibility index (Phi) is 4.47. The van der Waals surface area contributed by atoms with Gasteiger partial charge in [0.25, 0.3) is 0 Å². The monoisotopic (exact) mass is 371 g/mol. The molecular weight excluding hydrogens is 354 g/mol. The van der Waals surface area contributed by atoms with Crippen molar-refractivity contribution >= 4 is 40.2 Å². The van der Waals surface area contributed by atoms with Gasteiger partial charge in [0.05, 0.1) is 16.7 Å². The van der Waals surface area contributed by atoms with Crippen LogP contribution in [0.3, 0.4) is 0 Å². The molecule has 0 aliphatic heterocycles. The summed E-state index contributed by atoms with van der Waals surface area (Å²) >= 11 is 0. The number of nitrogen functional groups attached to an aromatic ring is 1. The Morgan fingerprint density at radius 1 is 0.893 bits per heavy atom. The molecule has 0 bridgehead atoms. The van der Waals surface area contributed by atoms with Crippen molar-refractivity contribution in [1.29, 1.82) is 0 Å². The number of benzene rings is 3. The summed E-state index contributed by atoms with van der Waals surface area (Å²) in [5, 5.41) is 5.47. The number of anilines is 3. The van der Waals surface area contributed by atoms with E-state index in [1.54, 1.807) is 54.6 Å². The summed E-state index contributed by atoms with van der Waals surface area (Å²) in [6.07, 6.45) is 0. The minimum Gasteiger partial charge on any atom is -0.369 e. The van der Waals surface area contributed by atoms with Gasteiger partial charge in [-0.1, -0.05) is 30.3 Å². The fourth-order valence-electron chi connectivity index (χ4n) is 2.92. The summed E-state index contributed by atoms with van der Waals surface area (Å²) < 4.78 is 0. The quantitative estimate of drug-likeness (QED) is 0.406. The Balaban J connectivity index is 1.59. The number of H-pyrrole nitrogens is 1. The average molecular weight is 371 g/mol. The van der Waals surface area contributed by atoms with Crippen LogP contribution in [0.5, 0.6) is 0 Å². The van der Waals surface area contributed by atoms with Crippen molar-refractivity contribution in [3.63, 3.8) is 0 Å². The van der Waals surface area contributed by atoms with E-state index in [0.717, 1.165) is 0 Å². The average Bonchev–Trinajstić information content (AvgIpc) is 3.07. The molecule has 0 fully saturated rings. The molecule has 7 nitrogen and oxygen atoms in total. The van der Waals surface area contributed by atoms with Gasteiger partial charge in [-0.25, -0.2) is 9.78 Å². The predicted molar refractivity (Wildman–Crippen MR) is 109 cm³/mol. The van der Waals surface area contributed by atoms with Gasteiger partial charge in [-0.3, -0.25) is 4.79 Å². The number of ketones is 1. The molecule has 2 amide bonds. The second-order valence-electron chi connectivity index (χ2n) is 6.17. The first-order chi connectivity index (χ1) is 13.6. The predicted octanol–water partition coefficient (Wildman–Crippen LogP) is 4.02. The SMILES string of the molecule is Nc1nc2ccc(C(=O)c3ccccc3NC(=O)Nc3ccccc3)cc2[nH]1. The number of hydrogen-bond donors (Lipinski definition) is 4. The number of para-hydroxylation sites is 2. The van der Waals surface area contributed by atoms with Crippen LogP contribution in [0.4, 0.5) is 22.1 Å². The molecule has 7 heteroatoms. The van der Waals surface area contributed by atoms with Crippen LogP contribution in [0.25, 0.3) is 11.0 Å². The molecule has 0 spiro atoms. The van der Waals surface area contributed by atoms with E-state index in [1.165, 1.54) is 0 Å². The van der Waals surface area contributed by atoms with E-state index in [2.05, 4.69) is 20.6 Å². The lowest BCUT2D eigenvalue weighted by Crippen LogP contribution is -2.21. The topological polar surface area (TPSA) is 113 Å². The fourth-order valence-corrected chi connectivity index (χ4v) is 2.92. The number of rotatable bonds is 4. The first-order valence-corrected chi connectivity index (χ1v) is 8.62. The van der Waals surface area contributed by atoms with Crippen molar-refractivity contribution in [2.24, 2.45) is 0 Å². The Bertz CT molecular complexity index is 1170. The molecule has 3 aromatic carbocycles. The number of hydrogen-bond acceptors (Lipinski definition) is 4. The maximum Gasteiger partial charge on any atom is 0.323 e. The van der Waals surface area contributed by atoms with Crippen LogP contribution in [0.15, 0.2) is 72.8 Å². The number of fused-ring (bicyclic) bond motifs is 1. The van der Waals surface area contributed by atoms with Crippen LogP contribution in [-0.2, 0) is 0 Å². The van der Waals surface area contributed by atoms with Crippen molar-refractivity contribution in [3.05, 3.63) is 83.9 Å². The molecule has 0 aliphatic rings. The van der Waals surface area contributed by atoms with E-state index in [0.29, 0.717) is 39.5 Å². The van der Waals surface area contributed by atoms with Gasteiger partial charge in [0.2, 0.25) is 0 Å². The largest absolute Gasteiger partial charge is 0.369 e. The number of imidazole rings is 1. The molecule has 1 heterocycles. The zero-order valence-electron chi connectivity index (χ0n) is 14.8. The van der Waals surface area contributed by atoms with Gasteiger partial charge < -0.3 is 21.4 Å². The minimum atomic E-state index is -0.428. The molecule has 0 atom stereocenters. The van der Waals surface area contributed by atoms with Gasteiger partial charge in [-0.05, 0) is 42.5 Å². The zero-order valence-corrected chi connectivity index (χ0v) is 14.8. The van der Waals surface area contributed by atoms with Crippen LogP contribution >= 0.6 is 0 Å². The highest BCUT2D eigenvalue weighted by Gasteiger charge is 2.16. The van der Waals surface area contributed by atoms with Crippen molar-refractivity contribution in [1.82, 2.24) is 9.97 Å². The lowest BCUT2D eigenvalue weighted by molar-refractivity contribution is 0.103. The van der Waals surface area contributed by atoms with E-state index in [4.69, 9.17) is 5.73 Å². The van der Waals surface area contributed by atoms with Gasteiger partial charge in [0.1, 0.15) is 0 Å². The molecule has 4 rings (SSSR count). The Morgan fingerprint density at radius 2 is 1.64 bits per heavy atom. The van der Waals surface area contributed by atoms with E-state index >= 15 is 0 Å². The number of nitrogens with two attached hydrogens (primary N) is 1. The molecule has 1 aromatic heterocycles. The Morgan fingerprint density at radius 3 is 2.46 bits per heavy atom. The normalized spacial score (nSPS) is 10.6. The van der Waals surface area contributed by atoms with Crippen LogP contribution in [0, 0.1) is 0 Å². The molecular formula is C21H17N5O2. The van der Waals surface area contributed by atoms with Gasteiger partial charge in [-0.15, -0.1) is 0 Å². The number of carbonyl (C=O) groups excluding carboxylic acids is 2. The molecule has 0 saturated heterocycles. The van der Waals surface area contributed by atoms with E-state index in [9.17, 15) is 9.59 Å². The number of aromatic nitrogens is 2. The second-order valence-corrected chi connectivity index (χ2v) is 6.17. The third kappa shape index (κ3) is 3.54. The zero-order chi connectivity index (χ0) is 19.5. The summed E-state index contributed by atoms with van der Waals surface area (Å²) in [5.74, 6) is 0.0740. The lowest BCUT2D eigenvalue weighted by atomic mass is 10.0. The van der Waals surface area contributed by atoms with Gasteiger partial charge in [-0.2, -0.15) is 0 Å². The summed E-state index contributed by atoms with van der Waals surface area (Å²) in [7, 11) is 0. The van der Waals surface area contributed by atoms with Crippen LogP contribution in [0.2, 0.25) is 0 Å². The molecule has 28 heavy (non-hydrogen) atoms. The summed E-state index contributed by atoms with van der Waals surface area (Å²) in [4.78, 5) is 32.4. The van der Waals surface area contributed by atoms with Crippen LogP contribution in [-0.4, -0.2) is 21.8 Å². The van der Waals surface area contributed by atoms with Crippen molar-refractivity contribution in [3.8, 4) is 0 Å². The number of aromatic amines is 1. The third-order valence-electron chi connectivity index (χ3n) is 4.21. The van der Waals surface area contributed by atoms with E-state index in [-0.39, 0.29) is 5.78 Å². The van der Waals surface area contributed by atoms with Gasteiger partial charge in [0, 0.05) is 16.8 Å². The van der Waals surface area contributed by atoms with Gasteiger partial charge >= 0.3 is 6.03 Å². The highest BCUT2D eigenvalue weighted by atomic mass is 16.2. The summed E-state index contributed by atoms with van der Waals surface area (Å²) in [5.41, 5.74) is 8.96. The van der Waals surface area contributed by atoms with E-state index in [1.807, 2.05) is 18.2 Å². The maximum atomic E-state index is 13.0. The molecule has 0 radical (unpaired) electrons. The highest BCUT2D eigenvalue weighted by Crippen LogP contribution is 2.22. The highest BCUT2D eigenvalue weighted by molar-refractivity contribution is 6.15. The van der Waals surface area contributed by atoms with Crippen LogP contribution < -0.4 is 16.4 Å². The minimum absolute atomic E-state index is 0.217. The number of carbonyl (C=O) groups is 2. The standard InChI is InChI=1S/C21H17N5O2/c22-20-24-17-11-10-13(12-18(17)25-20)19(27)15-8-4-5-9-16(15)26-21(28)23-14-6-2-1-3-7-14/h1-12H,(H3,22,24,25)(H2,23,26,28). The van der Waals surface area contributed by atoms with Crippen molar-refractivity contribution in [2.75, 3.05) is 16.4 Å². The molecule has 4 aromatic rings. The molecule has 0 saturated carbocycles. The van der Waals surface area contributed by atoms with Crippen molar-refractivity contribution < 1.29 is 9.59 Å². The second kappa shape index (κ2) is 7.24. The van der Waals surface area contributed by atoms with Crippen LogP contribution in [0.1, 0.15) is 15.9 Å². The first-order valence-electron chi connectivity index (χ1n) is 8.62. The van der Waals surface area contributed by atoms with E-state index < -0.39 is 6.03 Å². The molecule has 138 valence electrons. The Hall–Kier alpha value is -4.13. The molecule has 5 N–H and O–H groups in total. The van der Waals surface area contributed by atoms with Gasteiger partial charge in [0.15, 0.2) is 11.7 Å². The molecule has 0 unspecified atom stereocenters. The third-order valence-corrected chi connectivity index (χ3v) is 4.21. The summed E-state index contributed by atoms with van der Waals surface area (Å²) in [6.45, 7) is 0. The smallest absolute Gasteiger partial charge is 0.323 e. The first kappa shape index (κ1) is 17.3. The number of urea groups is 1.